The van der Waals surface area contributed by atoms with Crippen LogP contribution in [0.3, 0.4) is 0 Å². The molecule has 0 radical (unpaired) electrons. The predicted octanol–water partition coefficient (Wildman–Crippen LogP) is 0.621. The summed E-state index contributed by atoms with van der Waals surface area (Å²) in [5, 5.41) is 10.5. The van der Waals surface area contributed by atoms with E-state index in [-0.39, 0.29) is 12.1 Å². The van der Waals surface area contributed by atoms with Crippen LogP contribution < -0.4 is 0 Å². The maximum atomic E-state index is 10.5. The molecule has 100 valence electrons. The smallest absolute Gasteiger partial charge is 0.0747 e. The number of hydrogen-bond acceptors (Lipinski definition) is 4. The van der Waals surface area contributed by atoms with Crippen LogP contribution in [0.2, 0.25) is 0 Å². The predicted molar refractivity (Wildman–Crippen MR) is 72.5 cm³/mol. The van der Waals surface area contributed by atoms with E-state index in [2.05, 4.69) is 28.9 Å². The highest BCUT2D eigenvalue weighted by Gasteiger charge is 2.27. The number of hydrogen-bond donors (Lipinski definition) is 1. The van der Waals surface area contributed by atoms with Gasteiger partial charge in [0.05, 0.1) is 6.10 Å². The van der Waals surface area contributed by atoms with Crippen molar-refractivity contribution in [3.63, 3.8) is 0 Å². The molecule has 1 saturated heterocycles. The summed E-state index contributed by atoms with van der Waals surface area (Å²) in [6.07, 6.45) is 5.12. The van der Waals surface area contributed by atoms with Crippen molar-refractivity contribution in [3.8, 4) is 0 Å². The number of nitrogens with zero attached hydrogens (tertiary/aromatic N) is 3. The number of pyridine rings is 1. The molecule has 2 heterocycles. The van der Waals surface area contributed by atoms with E-state index in [9.17, 15) is 5.11 Å². The topological polar surface area (TPSA) is 39.6 Å². The van der Waals surface area contributed by atoms with Crippen molar-refractivity contribution in [3.05, 3.63) is 30.1 Å². The van der Waals surface area contributed by atoms with Crippen molar-refractivity contribution < 1.29 is 5.11 Å². The van der Waals surface area contributed by atoms with Crippen LogP contribution in [0.5, 0.6) is 0 Å². The Morgan fingerprint density at radius 1 is 1.33 bits per heavy atom. The first-order chi connectivity index (χ1) is 8.66. The minimum Gasteiger partial charge on any atom is -0.391 e. The van der Waals surface area contributed by atoms with Gasteiger partial charge in [-0.25, -0.2) is 0 Å². The van der Waals surface area contributed by atoms with E-state index in [1.54, 1.807) is 12.4 Å². The molecule has 4 heteroatoms. The van der Waals surface area contributed by atoms with Gasteiger partial charge in [-0.15, -0.1) is 0 Å². The first kappa shape index (κ1) is 13.5. The van der Waals surface area contributed by atoms with Crippen LogP contribution in [0.15, 0.2) is 24.5 Å². The normalized spacial score (nSPS) is 24.7. The molecular formula is C14H23N3O. The Hall–Kier alpha value is -0.970. The van der Waals surface area contributed by atoms with Crippen molar-refractivity contribution in [1.29, 1.82) is 0 Å². The number of aromatic nitrogens is 1. The zero-order chi connectivity index (χ0) is 13.0. The van der Waals surface area contributed by atoms with Crippen LogP contribution in [0.1, 0.15) is 12.0 Å². The van der Waals surface area contributed by atoms with Gasteiger partial charge in [0.2, 0.25) is 0 Å². The van der Waals surface area contributed by atoms with E-state index < -0.39 is 0 Å². The first-order valence-electron chi connectivity index (χ1n) is 6.62. The van der Waals surface area contributed by atoms with Crippen molar-refractivity contribution >= 4 is 0 Å². The molecule has 1 aromatic heterocycles. The maximum absolute atomic E-state index is 10.5. The molecule has 2 atom stereocenters. The minimum absolute atomic E-state index is 0.214. The highest BCUT2D eigenvalue weighted by Crippen LogP contribution is 2.14. The molecule has 1 aromatic rings. The van der Waals surface area contributed by atoms with E-state index in [0.717, 1.165) is 25.2 Å². The van der Waals surface area contributed by atoms with Gasteiger partial charge >= 0.3 is 0 Å². The molecule has 1 aliphatic rings. The Kier molecular flexibility index (Phi) is 4.69. The molecule has 2 rings (SSSR count). The molecule has 0 aromatic carbocycles. The Balaban J connectivity index is 2.00. The SMILES string of the molecule is CN1CCCN(C)C(C(O)Cc2ccncc2)C1. The van der Waals surface area contributed by atoms with Crippen LogP contribution in [0.25, 0.3) is 0 Å². The van der Waals surface area contributed by atoms with Gasteiger partial charge < -0.3 is 10.0 Å². The molecule has 0 bridgehead atoms. The second kappa shape index (κ2) is 6.27. The van der Waals surface area contributed by atoms with E-state index in [1.807, 2.05) is 12.1 Å². The average Bonchev–Trinajstić information content (AvgIpc) is 2.52. The van der Waals surface area contributed by atoms with Gasteiger partial charge in [-0.1, -0.05) is 0 Å². The Morgan fingerprint density at radius 2 is 2.06 bits per heavy atom. The summed E-state index contributed by atoms with van der Waals surface area (Å²) in [5.41, 5.74) is 1.15. The van der Waals surface area contributed by atoms with Crippen LogP contribution in [-0.4, -0.2) is 65.8 Å². The van der Waals surface area contributed by atoms with E-state index in [4.69, 9.17) is 0 Å². The fourth-order valence-corrected chi connectivity index (χ4v) is 2.62. The lowest BCUT2D eigenvalue weighted by molar-refractivity contribution is 0.0581. The summed E-state index contributed by atoms with van der Waals surface area (Å²) in [6.45, 7) is 3.11. The second-order valence-electron chi connectivity index (χ2n) is 5.29. The van der Waals surface area contributed by atoms with Crippen LogP contribution in [0.4, 0.5) is 0 Å². The summed E-state index contributed by atoms with van der Waals surface area (Å²) >= 11 is 0. The summed E-state index contributed by atoms with van der Waals surface area (Å²) in [6, 6.07) is 4.17. The van der Waals surface area contributed by atoms with Gasteiger partial charge in [-0.05, 0) is 51.3 Å². The Bertz CT molecular complexity index is 357. The molecule has 4 nitrogen and oxygen atoms in total. The fraction of sp³-hybridized carbons (Fsp3) is 0.643. The molecule has 0 saturated carbocycles. The third-order valence-corrected chi connectivity index (χ3v) is 3.75. The van der Waals surface area contributed by atoms with Gasteiger partial charge in [0.15, 0.2) is 0 Å². The molecule has 1 fully saturated rings. The first-order valence-corrected chi connectivity index (χ1v) is 6.62. The van der Waals surface area contributed by atoms with E-state index in [0.29, 0.717) is 6.42 Å². The summed E-state index contributed by atoms with van der Waals surface area (Å²) in [4.78, 5) is 8.60. The summed E-state index contributed by atoms with van der Waals surface area (Å²) in [5.74, 6) is 0. The molecule has 1 N–H and O–H groups in total. The number of aliphatic hydroxyl groups excluding tert-OH is 1. The second-order valence-corrected chi connectivity index (χ2v) is 5.29. The zero-order valence-electron chi connectivity index (χ0n) is 11.3. The van der Waals surface area contributed by atoms with Crippen LogP contribution in [0, 0.1) is 0 Å². The molecule has 0 spiro atoms. The Morgan fingerprint density at radius 3 is 2.78 bits per heavy atom. The molecule has 0 amide bonds. The van der Waals surface area contributed by atoms with E-state index >= 15 is 0 Å². The maximum Gasteiger partial charge on any atom is 0.0747 e. The van der Waals surface area contributed by atoms with Crippen LogP contribution in [-0.2, 0) is 6.42 Å². The lowest BCUT2D eigenvalue weighted by Crippen LogP contribution is -2.46. The Labute approximate surface area is 109 Å². The lowest BCUT2D eigenvalue weighted by Gasteiger charge is -2.31. The monoisotopic (exact) mass is 249 g/mol. The molecule has 18 heavy (non-hydrogen) atoms. The van der Waals surface area contributed by atoms with Gasteiger partial charge in [0.1, 0.15) is 0 Å². The highest BCUT2D eigenvalue weighted by atomic mass is 16.3. The molecular weight excluding hydrogens is 226 g/mol. The standard InChI is InChI=1S/C14H23N3O/c1-16-8-3-9-17(2)13(11-16)14(18)10-12-4-6-15-7-5-12/h4-7,13-14,18H,3,8-11H2,1-2H3. The largest absolute Gasteiger partial charge is 0.391 e. The molecule has 2 unspecified atom stereocenters. The minimum atomic E-state index is -0.321. The van der Waals surface area contributed by atoms with Crippen molar-refractivity contribution in [1.82, 2.24) is 14.8 Å². The van der Waals surface area contributed by atoms with Crippen LogP contribution >= 0.6 is 0 Å². The quantitative estimate of drug-likeness (QED) is 0.852. The summed E-state index contributed by atoms with van der Waals surface area (Å²) < 4.78 is 0. The third kappa shape index (κ3) is 3.51. The lowest BCUT2D eigenvalue weighted by atomic mass is 10.0. The number of likely N-dealkylation sites (N-methyl/N-ethyl adjacent to an activating group) is 2. The van der Waals surface area contributed by atoms with E-state index in [1.165, 1.54) is 6.42 Å². The average molecular weight is 249 g/mol. The number of aliphatic hydroxyl groups is 1. The highest BCUT2D eigenvalue weighted by molar-refractivity contribution is 5.11. The van der Waals surface area contributed by atoms with Gasteiger partial charge in [0.25, 0.3) is 0 Å². The van der Waals surface area contributed by atoms with Gasteiger partial charge in [0, 0.05) is 31.4 Å². The van der Waals surface area contributed by atoms with Gasteiger partial charge in [-0.2, -0.15) is 0 Å². The molecule has 0 aliphatic carbocycles. The summed E-state index contributed by atoms with van der Waals surface area (Å²) in [7, 11) is 4.24. The zero-order valence-corrected chi connectivity index (χ0v) is 11.3. The number of rotatable bonds is 3. The third-order valence-electron chi connectivity index (χ3n) is 3.75. The fourth-order valence-electron chi connectivity index (χ4n) is 2.62. The van der Waals surface area contributed by atoms with Gasteiger partial charge in [-0.3, -0.25) is 9.88 Å². The van der Waals surface area contributed by atoms with Crippen molar-refractivity contribution in [2.45, 2.75) is 25.0 Å². The van der Waals surface area contributed by atoms with Crippen molar-refractivity contribution in [2.75, 3.05) is 33.7 Å². The molecule has 1 aliphatic heterocycles. The van der Waals surface area contributed by atoms with Crippen molar-refractivity contribution in [2.24, 2.45) is 0 Å².